The van der Waals surface area contributed by atoms with E-state index in [-0.39, 0.29) is 4.83 Å². The van der Waals surface area contributed by atoms with Crippen LogP contribution < -0.4 is 9.47 Å². The number of ether oxygens (including phenoxy) is 2. The summed E-state index contributed by atoms with van der Waals surface area (Å²) in [5, 5.41) is 1.29. The average Bonchev–Trinajstić information content (AvgIpc) is 2.44. The molecule has 0 saturated heterocycles. The van der Waals surface area contributed by atoms with Crippen molar-refractivity contribution in [3.05, 3.63) is 56.0 Å². The number of alkyl halides is 1. The summed E-state index contributed by atoms with van der Waals surface area (Å²) >= 11 is 19.6. The Morgan fingerprint density at radius 3 is 2.29 bits per heavy atom. The van der Waals surface area contributed by atoms with Crippen LogP contribution in [0.2, 0.25) is 10.0 Å². The van der Waals surface area contributed by atoms with E-state index in [4.69, 9.17) is 32.7 Å². The highest BCUT2D eigenvalue weighted by atomic mass is 79.9. The Bertz CT molecular complexity index is 671. The highest BCUT2D eigenvalue weighted by Gasteiger charge is 2.20. The zero-order valence-electron chi connectivity index (χ0n) is 10.7. The van der Waals surface area contributed by atoms with Crippen molar-refractivity contribution in [2.45, 2.75) is 4.83 Å². The van der Waals surface area contributed by atoms with E-state index in [1.54, 1.807) is 6.07 Å². The van der Waals surface area contributed by atoms with Gasteiger partial charge in [0.15, 0.2) is 11.5 Å². The summed E-state index contributed by atoms with van der Waals surface area (Å²) in [6.45, 7) is 1.09. The third-order valence-electron chi connectivity index (χ3n) is 3.11. The first-order chi connectivity index (χ1) is 10.0. The van der Waals surface area contributed by atoms with E-state index in [9.17, 15) is 0 Å². The second kappa shape index (κ2) is 6.37. The van der Waals surface area contributed by atoms with Gasteiger partial charge in [0.1, 0.15) is 13.2 Å². The van der Waals surface area contributed by atoms with E-state index < -0.39 is 0 Å². The van der Waals surface area contributed by atoms with Crippen molar-refractivity contribution in [1.29, 1.82) is 0 Å². The molecule has 0 saturated carbocycles. The number of hydrogen-bond acceptors (Lipinski definition) is 2. The highest BCUT2D eigenvalue weighted by Crippen LogP contribution is 2.43. The molecular formula is C15H10Br2Cl2O2. The van der Waals surface area contributed by atoms with Gasteiger partial charge in [0.25, 0.3) is 0 Å². The molecule has 110 valence electrons. The second-order valence-electron chi connectivity index (χ2n) is 4.58. The number of benzene rings is 2. The van der Waals surface area contributed by atoms with Crippen molar-refractivity contribution in [2.75, 3.05) is 13.2 Å². The number of fused-ring (bicyclic) bond motifs is 1. The molecule has 3 rings (SSSR count). The molecule has 0 radical (unpaired) electrons. The van der Waals surface area contributed by atoms with Crippen molar-refractivity contribution in [2.24, 2.45) is 0 Å². The third-order valence-corrected chi connectivity index (χ3v) is 5.14. The molecule has 1 heterocycles. The minimum Gasteiger partial charge on any atom is -0.486 e. The van der Waals surface area contributed by atoms with Crippen LogP contribution in [0, 0.1) is 0 Å². The molecule has 2 nitrogen and oxygen atoms in total. The number of halogens is 4. The molecule has 2 aromatic rings. The quantitative estimate of drug-likeness (QED) is 0.519. The summed E-state index contributed by atoms with van der Waals surface area (Å²) in [6, 6.07) is 9.44. The summed E-state index contributed by atoms with van der Waals surface area (Å²) in [6.07, 6.45) is 0. The smallest absolute Gasteiger partial charge is 0.162 e. The Labute approximate surface area is 149 Å². The van der Waals surface area contributed by atoms with Gasteiger partial charge in [-0.15, -0.1) is 0 Å². The maximum absolute atomic E-state index is 6.38. The largest absolute Gasteiger partial charge is 0.486 e. The minimum atomic E-state index is -0.0872. The molecule has 0 N–H and O–H groups in total. The third kappa shape index (κ3) is 3.34. The second-order valence-corrected chi connectivity index (χ2v) is 7.26. The van der Waals surface area contributed by atoms with Crippen LogP contribution in [0.4, 0.5) is 0 Å². The first-order valence-corrected chi connectivity index (χ1v) is 8.70. The van der Waals surface area contributed by atoms with Crippen LogP contribution in [0.5, 0.6) is 11.5 Å². The summed E-state index contributed by atoms with van der Waals surface area (Å²) in [5.41, 5.74) is 1.92. The molecular weight excluding hydrogens is 443 g/mol. The summed E-state index contributed by atoms with van der Waals surface area (Å²) < 4.78 is 12.1. The maximum Gasteiger partial charge on any atom is 0.162 e. The van der Waals surface area contributed by atoms with Gasteiger partial charge in [0.2, 0.25) is 0 Å². The van der Waals surface area contributed by atoms with E-state index >= 15 is 0 Å². The predicted octanol–water partition coefficient (Wildman–Crippen LogP) is 6.01. The van der Waals surface area contributed by atoms with E-state index in [0.717, 1.165) is 15.6 Å². The van der Waals surface area contributed by atoms with Gasteiger partial charge in [0, 0.05) is 20.6 Å². The number of hydrogen-bond donors (Lipinski definition) is 0. The molecule has 6 heteroatoms. The maximum atomic E-state index is 6.38. The van der Waals surface area contributed by atoms with E-state index in [1.165, 1.54) is 0 Å². The molecule has 0 fully saturated rings. The molecule has 1 aliphatic heterocycles. The van der Waals surface area contributed by atoms with Crippen LogP contribution in [0.15, 0.2) is 34.8 Å². The topological polar surface area (TPSA) is 18.5 Å². The fraction of sp³-hybridized carbons (Fsp3) is 0.200. The van der Waals surface area contributed by atoms with Crippen LogP contribution in [-0.4, -0.2) is 13.2 Å². The highest BCUT2D eigenvalue weighted by molar-refractivity contribution is 9.10. The van der Waals surface area contributed by atoms with Gasteiger partial charge in [-0.3, -0.25) is 0 Å². The Balaban J connectivity index is 2.02. The Kier molecular flexibility index (Phi) is 4.69. The molecule has 1 unspecified atom stereocenters. The SMILES string of the molecule is Clc1cc(Br)cc(C(Br)c2cc3c(cc2Cl)OCCO3)c1. The lowest BCUT2D eigenvalue weighted by Gasteiger charge is -2.21. The lowest BCUT2D eigenvalue weighted by Crippen LogP contribution is -2.15. The molecule has 0 aromatic heterocycles. The minimum absolute atomic E-state index is 0.0872. The molecule has 0 aliphatic carbocycles. The summed E-state index contributed by atoms with van der Waals surface area (Å²) in [5.74, 6) is 1.40. The molecule has 2 aromatic carbocycles. The first kappa shape index (κ1) is 15.5. The van der Waals surface area contributed by atoms with Crippen LogP contribution in [0.3, 0.4) is 0 Å². The van der Waals surface area contributed by atoms with Crippen molar-refractivity contribution in [1.82, 2.24) is 0 Å². The van der Waals surface area contributed by atoms with Gasteiger partial charge < -0.3 is 9.47 Å². The van der Waals surface area contributed by atoms with Gasteiger partial charge in [-0.25, -0.2) is 0 Å². The van der Waals surface area contributed by atoms with Crippen molar-refractivity contribution in [3.8, 4) is 11.5 Å². The Hall–Kier alpha value is -0.420. The molecule has 1 aliphatic rings. The van der Waals surface area contributed by atoms with Crippen LogP contribution in [0.25, 0.3) is 0 Å². The van der Waals surface area contributed by atoms with Crippen molar-refractivity contribution >= 4 is 55.1 Å². The Morgan fingerprint density at radius 2 is 1.62 bits per heavy atom. The van der Waals surface area contributed by atoms with E-state index in [0.29, 0.717) is 34.8 Å². The van der Waals surface area contributed by atoms with E-state index in [1.807, 2.05) is 24.3 Å². The lowest BCUT2D eigenvalue weighted by molar-refractivity contribution is 0.171. The average molecular weight is 453 g/mol. The monoisotopic (exact) mass is 450 g/mol. The lowest BCUT2D eigenvalue weighted by atomic mass is 10.0. The molecule has 21 heavy (non-hydrogen) atoms. The molecule has 1 atom stereocenters. The van der Waals surface area contributed by atoms with Crippen molar-refractivity contribution in [3.63, 3.8) is 0 Å². The van der Waals surface area contributed by atoms with Gasteiger partial charge in [-0.1, -0.05) is 55.1 Å². The van der Waals surface area contributed by atoms with Gasteiger partial charge in [0.05, 0.1) is 4.83 Å². The summed E-state index contributed by atoms with van der Waals surface area (Å²) in [4.78, 5) is -0.0872. The van der Waals surface area contributed by atoms with E-state index in [2.05, 4.69) is 31.9 Å². The zero-order valence-corrected chi connectivity index (χ0v) is 15.4. The molecule has 0 amide bonds. The predicted molar refractivity (Wildman–Crippen MR) is 92.4 cm³/mol. The van der Waals surface area contributed by atoms with Crippen LogP contribution in [-0.2, 0) is 0 Å². The number of rotatable bonds is 2. The fourth-order valence-electron chi connectivity index (χ4n) is 2.17. The first-order valence-electron chi connectivity index (χ1n) is 6.23. The van der Waals surface area contributed by atoms with Crippen LogP contribution in [0.1, 0.15) is 16.0 Å². The Morgan fingerprint density at radius 1 is 0.952 bits per heavy atom. The zero-order chi connectivity index (χ0) is 15.0. The molecule has 0 bridgehead atoms. The van der Waals surface area contributed by atoms with Gasteiger partial charge >= 0.3 is 0 Å². The van der Waals surface area contributed by atoms with Gasteiger partial charge in [-0.05, 0) is 35.4 Å². The molecule has 0 spiro atoms. The standard InChI is InChI=1S/C15H10Br2Cl2O2/c16-9-3-8(4-10(18)5-9)15(17)11-6-13-14(7-12(11)19)21-2-1-20-13/h3-7,15H,1-2H2. The fourth-order valence-corrected chi connectivity index (χ4v) is 4.10. The van der Waals surface area contributed by atoms with Gasteiger partial charge in [-0.2, -0.15) is 0 Å². The van der Waals surface area contributed by atoms with Crippen LogP contribution >= 0.6 is 55.1 Å². The normalized spacial score (nSPS) is 14.9. The van der Waals surface area contributed by atoms with Crippen molar-refractivity contribution < 1.29 is 9.47 Å². The summed E-state index contributed by atoms with van der Waals surface area (Å²) in [7, 11) is 0.